The van der Waals surface area contributed by atoms with E-state index in [9.17, 15) is 9.90 Å². The Morgan fingerprint density at radius 3 is 2.55 bits per heavy atom. The smallest absolute Gasteiger partial charge is 0.347 e. The molecule has 0 aliphatic carbocycles. The Bertz CT molecular complexity index is 1020. The van der Waals surface area contributed by atoms with Crippen LogP contribution in [-0.4, -0.2) is 26.6 Å². The van der Waals surface area contributed by atoms with Crippen LogP contribution in [0, 0.1) is 6.92 Å². The zero-order valence-corrected chi connectivity index (χ0v) is 17.9. The molecule has 0 spiro atoms. The summed E-state index contributed by atoms with van der Waals surface area (Å²) >= 11 is 7.58. The van der Waals surface area contributed by atoms with Crippen molar-refractivity contribution < 1.29 is 14.6 Å². The molecule has 0 amide bonds. The van der Waals surface area contributed by atoms with Crippen molar-refractivity contribution in [3.8, 4) is 17.1 Å². The molecule has 5 nitrogen and oxygen atoms in total. The van der Waals surface area contributed by atoms with Gasteiger partial charge in [-0.3, -0.25) is 0 Å². The van der Waals surface area contributed by atoms with Gasteiger partial charge in [0.05, 0.1) is 5.69 Å². The molecule has 0 radical (unpaired) electrons. The van der Waals surface area contributed by atoms with Crippen molar-refractivity contribution in [1.82, 2.24) is 9.97 Å². The summed E-state index contributed by atoms with van der Waals surface area (Å²) in [7, 11) is 0. The third-order valence-electron chi connectivity index (χ3n) is 4.23. The van der Waals surface area contributed by atoms with Crippen molar-refractivity contribution in [3.05, 3.63) is 71.0 Å². The van der Waals surface area contributed by atoms with Gasteiger partial charge in [0.25, 0.3) is 0 Å². The van der Waals surface area contributed by atoms with Gasteiger partial charge in [-0.2, -0.15) is 0 Å². The minimum atomic E-state index is -1.28. The maximum atomic E-state index is 11.3. The van der Waals surface area contributed by atoms with Gasteiger partial charge in [0.15, 0.2) is 11.4 Å². The lowest BCUT2D eigenvalue weighted by molar-refractivity contribution is -0.152. The van der Waals surface area contributed by atoms with Crippen molar-refractivity contribution in [2.45, 2.75) is 37.0 Å². The Morgan fingerprint density at radius 2 is 1.90 bits per heavy atom. The van der Waals surface area contributed by atoms with E-state index in [1.165, 1.54) is 13.8 Å². The normalized spacial score (nSPS) is 11.3. The van der Waals surface area contributed by atoms with Crippen LogP contribution in [0.1, 0.15) is 25.1 Å². The molecule has 1 aromatic heterocycles. The molecule has 1 heterocycles. The van der Waals surface area contributed by atoms with Crippen molar-refractivity contribution in [2.24, 2.45) is 0 Å². The number of carboxylic acid groups (broad SMARTS) is 1. The van der Waals surface area contributed by atoms with E-state index in [2.05, 4.69) is 9.97 Å². The number of carbonyl (C=O) groups is 1. The molecule has 0 aliphatic heterocycles. The van der Waals surface area contributed by atoms with Crippen LogP contribution in [-0.2, 0) is 10.5 Å². The van der Waals surface area contributed by atoms with Crippen LogP contribution in [0.15, 0.2) is 59.6 Å². The summed E-state index contributed by atoms with van der Waals surface area (Å²) < 4.78 is 5.65. The number of carboxylic acids is 1. The summed E-state index contributed by atoms with van der Waals surface area (Å²) in [6.45, 7) is 4.97. The first-order chi connectivity index (χ1) is 13.7. The lowest BCUT2D eigenvalue weighted by Gasteiger charge is -2.23. The number of rotatable bonds is 7. The van der Waals surface area contributed by atoms with E-state index in [4.69, 9.17) is 16.3 Å². The molecule has 3 aromatic rings. The fraction of sp³-hybridized carbons (Fsp3) is 0.227. The van der Waals surface area contributed by atoms with Crippen LogP contribution in [0.3, 0.4) is 0 Å². The molecule has 0 atom stereocenters. The van der Waals surface area contributed by atoms with Gasteiger partial charge in [0.2, 0.25) is 0 Å². The van der Waals surface area contributed by atoms with Gasteiger partial charge in [-0.05, 0) is 74.9 Å². The number of ether oxygens (including phenoxy) is 1. The predicted molar refractivity (Wildman–Crippen MR) is 116 cm³/mol. The average molecular weight is 429 g/mol. The molecular weight excluding hydrogens is 408 g/mol. The Balaban J connectivity index is 1.69. The molecule has 0 saturated carbocycles. The second kappa shape index (κ2) is 8.84. The molecule has 3 rings (SSSR count). The first kappa shape index (κ1) is 21.1. The molecule has 2 aromatic carbocycles. The number of thioether (sulfide) groups is 1. The van der Waals surface area contributed by atoms with Crippen molar-refractivity contribution in [1.29, 1.82) is 0 Å². The van der Waals surface area contributed by atoms with Crippen LogP contribution in [0.4, 0.5) is 0 Å². The molecule has 7 heteroatoms. The number of aromatic nitrogens is 2. The minimum Gasteiger partial charge on any atom is -0.478 e. The number of nitrogens with zero attached hydrogens (tertiary/aromatic N) is 2. The van der Waals surface area contributed by atoms with Crippen molar-refractivity contribution in [3.63, 3.8) is 0 Å². The van der Waals surface area contributed by atoms with E-state index in [1.54, 1.807) is 18.0 Å². The van der Waals surface area contributed by atoms with Gasteiger partial charge in [0.1, 0.15) is 5.75 Å². The molecule has 1 N–H and O–H groups in total. The first-order valence-electron chi connectivity index (χ1n) is 8.98. The van der Waals surface area contributed by atoms with Crippen LogP contribution in [0.25, 0.3) is 11.4 Å². The van der Waals surface area contributed by atoms with E-state index >= 15 is 0 Å². The lowest BCUT2D eigenvalue weighted by Crippen LogP contribution is -2.38. The third-order valence-corrected chi connectivity index (χ3v) is 5.51. The standard InChI is InChI=1S/C22H21ClN2O3S/c1-14-12-18(8-9-19(14)28-22(2,3)21(26)27)29-13-17-10-11-24-20(25-17)15-4-6-16(23)7-5-15/h4-12H,13H2,1-3H3,(H,26,27). The molecule has 0 aliphatic rings. The largest absolute Gasteiger partial charge is 0.478 e. The number of hydrogen-bond acceptors (Lipinski definition) is 5. The molecule has 0 saturated heterocycles. The monoisotopic (exact) mass is 428 g/mol. The Kier molecular flexibility index (Phi) is 6.45. The highest BCUT2D eigenvalue weighted by Gasteiger charge is 2.29. The maximum absolute atomic E-state index is 11.3. The SMILES string of the molecule is Cc1cc(SCc2ccnc(-c3ccc(Cl)cc3)n2)ccc1OC(C)(C)C(=O)O. The maximum Gasteiger partial charge on any atom is 0.347 e. The van der Waals surface area contributed by atoms with Crippen LogP contribution in [0.5, 0.6) is 5.75 Å². The molecule has 29 heavy (non-hydrogen) atoms. The lowest BCUT2D eigenvalue weighted by atomic mass is 10.1. The van der Waals surface area contributed by atoms with Gasteiger partial charge in [-0.25, -0.2) is 14.8 Å². The number of halogens is 1. The Morgan fingerprint density at radius 1 is 1.17 bits per heavy atom. The zero-order valence-electron chi connectivity index (χ0n) is 16.3. The molecular formula is C22H21ClN2O3S. The molecule has 150 valence electrons. The minimum absolute atomic E-state index is 0.564. The molecule has 0 bridgehead atoms. The van der Waals surface area contributed by atoms with Crippen LogP contribution >= 0.6 is 23.4 Å². The second-order valence-electron chi connectivity index (χ2n) is 7.01. The first-order valence-corrected chi connectivity index (χ1v) is 10.3. The average Bonchev–Trinajstić information content (AvgIpc) is 2.69. The number of aliphatic carboxylic acids is 1. The van der Waals surface area contributed by atoms with E-state index in [1.807, 2.05) is 55.5 Å². The van der Waals surface area contributed by atoms with Crippen molar-refractivity contribution >= 4 is 29.3 Å². The zero-order chi connectivity index (χ0) is 21.0. The van der Waals surface area contributed by atoms with Crippen molar-refractivity contribution in [2.75, 3.05) is 0 Å². The van der Waals surface area contributed by atoms with Crippen LogP contribution < -0.4 is 4.74 Å². The highest BCUT2D eigenvalue weighted by atomic mass is 35.5. The van der Waals surface area contributed by atoms with E-state index in [-0.39, 0.29) is 0 Å². The van der Waals surface area contributed by atoms with Gasteiger partial charge in [-0.15, -0.1) is 11.8 Å². The third kappa shape index (κ3) is 5.49. The summed E-state index contributed by atoms with van der Waals surface area (Å²) in [5.41, 5.74) is 1.44. The fourth-order valence-corrected chi connectivity index (χ4v) is 3.54. The van der Waals surface area contributed by atoms with Gasteiger partial charge in [0, 0.05) is 27.4 Å². The molecule has 0 unspecified atom stereocenters. The van der Waals surface area contributed by atoms with Gasteiger partial charge < -0.3 is 9.84 Å². The Hall–Kier alpha value is -2.57. The van der Waals surface area contributed by atoms with Gasteiger partial charge in [-0.1, -0.05) is 11.6 Å². The fourth-order valence-electron chi connectivity index (χ4n) is 2.52. The predicted octanol–water partition coefficient (Wildman–Crippen LogP) is 5.64. The molecule has 0 fully saturated rings. The van der Waals surface area contributed by atoms with E-state index < -0.39 is 11.6 Å². The second-order valence-corrected chi connectivity index (χ2v) is 8.50. The highest BCUT2D eigenvalue weighted by molar-refractivity contribution is 7.98. The summed E-state index contributed by atoms with van der Waals surface area (Å²) in [6.07, 6.45) is 1.75. The highest BCUT2D eigenvalue weighted by Crippen LogP contribution is 2.30. The quantitative estimate of drug-likeness (QED) is 0.491. The van der Waals surface area contributed by atoms with E-state index in [0.29, 0.717) is 22.3 Å². The van der Waals surface area contributed by atoms with Crippen LogP contribution in [0.2, 0.25) is 5.02 Å². The Labute approximate surface area is 179 Å². The number of aryl methyl sites for hydroxylation is 1. The van der Waals surface area contributed by atoms with Gasteiger partial charge >= 0.3 is 5.97 Å². The summed E-state index contributed by atoms with van der Waals surface area (Å²) in [6, 6.07) is 15.0. The number of hydrogen-bond donors (Lipinski definition) is 1. The summed E-state index contributed by atoms with van der Waals surface area (Å²) in [5, 5.41) is 9.90. The number of benzene rings is 2. The summed E-state index contributed by atoms with van der Waals surface area (Å²) in [4.78, 5) is 21.3. The topological polar surface area (TPSA) is 72.3 Å². The summed E-state index contributed by atoms with van der Waals surface area (Å²) in [5.74, 6) is 0.906. The van der Waals surface area contributed by atoms with E-state index in [0.717, 1.165) is 21.7 Å².